The molecule has 0 saturated heterocycles. The fourth-order valence-electron chi connectivity index (χ4n) is 3.05. The van der Waals surface area contributed by atoms with Gasteiger partial charge in [-0.1, -0.05) is 29.5 Å². The number of nitro groups is 1. The number of hydrogen-bond acceptors (Lipinski definition) is 5. The van der Waals surface area contributed by atoms with E-state index in [2.05, 4.69) is 14.9 Å². The monoisotopic (exact) mass is 404 g/mol. The van der Waals surface area contributed by atoms with E-state index in [0.29, 0.717) is 10.6 Å². The number of aryl methyl sites for hydroxylation is 1. The number of carbonyl (C=O) groups excluding carboxylic acids is 1. The number of amides is 1. The Bertz CT molecular complexity index is 1240. The lowest BCUT2D eigenvalue weighted by atomic mass is 10.2. The Morgan fingerprint density at radius 3 is 2.69 bits per heavy atom. The normalized spacial score (nSPS) is 11.2. The maximum absolute atomic E-state index is 12.2. The molecule has 2 heterocycles. The molecule has 4 rings (SSSR count). The average Bonchev–Trinajstić information content (AvgIpc) is 3.30. The summed E-state index contributed by atoms with van der Waals surface area (Å²) in [7, 11) is 0. The summed E-state index contributed by atoms with van der Waals surface area (Å²) in [6.07, 6.45) is 2.91. The molecule has 1 amide bonds. The Balaban J connectivity index is 1.53. The highest BCUT2D eigenvalue weighted by molar-refractivity contribution is 7.16. The maximum atomic E-state index is 12.2. The molecular formula is C21H16N4O3S. The number of rotatable bonds is 5. The summed E-state index contributed by atoms with van der Waals surface area (Å²) in [5, 5.41) is 13.6. The molecule has 0 radical (unpaired) electrons. The Morgan fingerprint density at radius 1 is 1.17 bits per heavy atom. The number of fused-ring (bicyclic) bond motifs is 1. The minimum atomic E-state index is -0.451. The van der Waals surface area contributed by atoms with Gasteiger partial charge in [0.05, 0.1) is 16.0 Å². The van der Waals surface area contributed by atoms with Crippen LogP contribution in [0.2, 0.25) is 0 Å². The van der Waals surface area contributed by atoms with Crippen molar-refractivity contribution in [3.05, 3.63) is 87.6 Å². The van der Waals surface area contributed by atoms with Crippen LogP contribution in [0.5, 0.6) is 0 Å². The largest absolute Gasteiger partial charge is 0.324 e. The number of para-hydroxylation sites is 1. The third-order valence-corrected chi connectivity index (χ3v) is 5.30. The third-order valence-electron chi connectivity index (χ3n) is 4.30. The standard InChI is InChI=1S/C21H16N4O3S/c1-14-22-18-13-15(7-10-19(18)24(14)16-5-3-2-4-6-16)23-20(26)11-8-17-9-12-21(29-17)25(27)28/h2-13H,1H3,(H,23,26)/b11-8+. The highest BCUT2D eigenvalue weighted by Crippen LogP contribution is 2.26. The molecule has 0 atom stereocenters. The van der Waals surface area contributed by atoms with E-state index in [1.807, 2.05) is 55.5 Å². The molecule has 0 spiro atoms. The topological polar surface area (TPSA) is 90.1 Å². The van der Waals surface area contributed by atoms with E-state index < -0.39 is 4.92 Å². The summed E-state index contributed by atoms with van der Waals surface area (Å²) in [5.74, 6) is 0.536. The van der Waals surface area contributed by atoms with E-state index in [-0.39, 0.29) is 10.9 Å². The van der Waals surface area contributed by atoms with Gasteiger partial charge in [0.2, 0.25) is 5.91 Å². The van der Waals surface area contributed by atoms with E-state index in [1.165, 1.54) is 12.1 Å². The zero-order valence-electron chi connectivity index (χ0n) is 15.4. The second-order valence-corrected chi connectivity index (χ2v) is 7.38. The van der Waals surface area contributed by atoms with Crippen LogP contribution in [0.25, 0.3) is 22.8 Å². The maximum Gasteiger partial charge on any atom is 0.324 e. The van der Waals surface area contributed by atoms with E-state index >= 15 is 0 Å². The average molecular weight is 404 g/mol. The van der Waals surface area contributed by atoms with Crippen LogP contribution in [0.1, 0.15) is 10.7 Å². The van der Waals surface area contributed by atoms with Crippen LogP contribution in [0, 0.1) is 17.0 Å². The van der Waals surface area contributed by atoms with Crippen molar-refractivity contribution >= 4 is 45.0 Å². The van der Waals surface area contributed by atoms with Gasteiger partial charge in [-0.25, -0.2) is 4.98 Å². The fraction of sp³-hybridized carbons (Fsp3) is 0.0476. The molecular weight excluding hydrogens is 388 g/mol. The first kappa shape index (κ1) is 18.6. The lowest BCUT2D eigenvalue weighted by Crippen LogP contribution is -2.07. The van der Waals surface area contributed by atoms with Gasteiger partial charge in [-0.3, -0.25) is 19.5 Å². The fourth-order valence-corrected chi connectivity index (χ4v) is 3.78. The smallest absolute Gasteiger partial charge is 0.322 e. The minimum Gasteiger partial charge on any atom is -0.322 e. The highest BCUT2D eigenvalue weighted by Gasteiger charge is 2.11. The van der Waals surface area contributed by atoms with Crippen LogP contribution >= 0.6 is 11.3 Å². The first-order valence-corrected chi connectivity index (χ1v) is 9.61. The van der Waals surface area contributed by atoms with Crippen molar-refractivity contribution in [3.63, 3.8) is 0 Å². The van der Waals surface area contributed by atoms with Gasteiger partial charge in [-0.05, 0) is 49.4 Å². The molecule has 0 unspecified atom stereocenters. The van der Waals surface area contributed by atoms with Gasteiger partial charge >= 0.3 is 5.00 Å². The number of thiophene rings is 1. The SMILES string of the molecule is Cc1nc2cc(NC(=O)/C=C/c3ccc([N+](=O)[O-])s3)ccc2n1-c1ccccc1. The number of nitrogens with one attached hydrogen (secondary N) is 1. The number of nitrogens with zero attached hydrogens (tertiary/aromatic N) is 3. The van der Waals surface area contributed by atoms with Crippen LogP contribution in [0.15, 0.2) is 66.7 Å². The van der Waals surface area contributed by atoms with E-state index in [4.69, 9.17) is 0 Å². The zero-order chi connectivity index (χ0) is 20.4. The molecule has 2 aromatic carbocycles. The number of anilines is 1. The van der Waals surface area contributed by atoms with Gasteiger partial charge in [0.15, 0.2) is 0 Å². The van der Waals surface area contributed by atoms with Crippen LogP contribution in [-0.4, -0.2) is 20.4 Å². The van der Waals surface area contributed by atoms with Gasteiger partial charge in [-0.15, -0.1) is 0 Å². The molecule has 8 heteroatoms. The summed E-state index contributed by atoms with van der Waals surface area (Å²) in [6.45, 7) is 1.94. The van der Waals surface area contributed by atoms with Gasteiger partial charge < -0.3 is 5.32 Å². The van der Waals surface area contributed by atoms with Crippen molar-refractivity contribution in [2.24, 2.45) is 0 Å². The number of imidazole rings is 1. The summed E-state index contributed by atoms with van der Waals surface area (Å²) in [4.78, 5) is 27.7. The molecule has 0 saturated carbocycles. The third kappa shape index (κ3) is 3.92. The van der Waals surface area contributed by atoms with Crippen molar-refractivity contribution in [2.45, 2.75) is 6.92 Å². The molecule has 144 valence electrons. The second kappa shape index (κ2) is 7.69. The van der Waals surface area contributed by atoms with Crippen molar-refractivity contribution in [1.29, 1.82) is 0 Å². The molecule has 7 nitrogen and oxygen atoms in total. The van der Waals surface area contributed by atoms with Crippen LogP contribution < -0.4 is 5.32 Å². The molecule has 29 heavy (non-hydrogen) atoms. The van der Waals surface area contributed by atoms with Crippen molar-refractivity contribution in [2.75, 3.05) is 5.32 Å². The van der Waals surface area contributed by atoms with Crippen LogP contribution in [-0.2, 0) is 4.79 Å². The summed E-state index contributed by atoms with van der Waals surface area (Å²) in [5.41, 5.74) is 3.38. The van der Waals surface area contributed by atoms with E-state index in [9.17, 15) is 14.9 Å². The van der Waals surface area contributed by atoms with Gasteiger partial charge in [0.25, 0.3) is 0 Å². The van der Waals surface area contributed by atoms with Crippen molar-refractivity contribution < 1.29 is 9.72 Å². The molecule has 0 aliphatic rings. The Morgan fingerprint density at radius 2 is 1.97 bits per heavy atom. The predicted molar refractivity (Wildman–Crippen MR) is 114 cm³/mol. The molecule has 4 aromatic rings. The number of carbonyl (C=O) groups is 1. The second-order valence-electron chi connectivity index (χ2n) is 6.29. The molecule has 2 aromatic heterocycles. The summed E-state index contributed by atoms with van der Waals surface area (Å²) in [6, 6.07) is 18.5. The number of benzene rings is 2. The molecule has 0 aliphatic heterocycles. The Labute approximate surface area is 170 Å². The van der Waals surface area contributed by atoms with Crippen molar-refractivity contribution in [1.82, 2.24) is 9.55 Å². The zero-order valence-corrected chi connectivity index (χ0v) is 16.2. The molecule has 0 fully saturated rings. The van der Waals surface area contributed by atoms with E-state index in [1.54, 1.807) is 12.1 Å². The van der Waals surface area contributed by atoms with Gasteiger partial charge in [-0.2, -0.15) is 0 Å². The lowest BCUT2D eigenvalue weighted by Gasteiger charge is -2.07. The number of aromatic nitrogens is 2. The van der Waals surface area contributed by atoms with E-state index in [0.717, 1.165) is 33.9 Å². The molecule has 1 N–H and O–H groups in total. The molecule has 0 bridgehead atoms. The minimum absolute atomic E-state index is 0.0416. The summed E-state index contributed by atoms with van der Waals surface area (Å²) < 4.78 is 2.06. The quantitative estimate of drug-likeness (QED) is 0.289. The first-order chi connectivity index (χ1) is 14.0. The Kier molecular flexibility index (Phi) is 4.92. The highest BCUT2D eigenvalue weighted by atomic mass is 32.1. The van der Waals surface area contributed by atoms with Gasteiger partial charge in [0, 0.05) is 28.4 Å². The molecule has 0 aliphatic carbocycles. The Hall–Kier alpha value is -3.78. The van der Waals surface area contributed by atoms with Crippen molar-refractivity contribution in [3.8, 4) is 5.69 Å². The predicted octanol–water partition coefficient (Wildman–Crippen LogP) is 4.96. The first-order valence-electron chi connectivity index (χ1n) is 8.79. The van der Waals surface area contributed by atoms with Gasteiger partial charge in [0.1, 0.15) is 5.82 Å². The van der Waals surface area contributed by atoms with Crippen LogP contribution in [0.3, 0.4) is 0 Å². The summed E-state index contributed by atoms with van der Waals surface area (Å²) >= 11 is 1.01. The lowest BCUT2D eigenvalue weighted by molar-refractivity contribution is -0.380. The number of hydrogen-bond donors (Lipinski definition) is 1. The van der Waals surface area contributed by atoms with Crippen LogP contribution in [0.4, 0.5) is 10.7 Å².